The highest BCUT2D eigenvalue weighted by Gasteiger charge is 2.32. The van der Waals surface area contributed by atoms with Crippen molar-refractivity contribution in [1.29, 1.82) is 0 Å². The van der Waals surface area contributed by atoms with Gasteiger partial charge >= 0.3 is 0 Å². The zero-order valence-corrected chi connectivity index (χ0v) is 19.4. The normalized spacial score (nSPS) is 12.9. The Kier molecular flexibility index (Phi) is 6.74. The molecule has 5 heteroatoms. The molecular weight excluding hydrogens is 381 g/mol. The molecule has 0 N–H and O–H groups in total. The highest BCUT2D eigenvalue weighted by molar-refractivity contribution is 7.58. The lowest BCUT2D eigenvalue weighted by atomic mass is 10.1. The van der Waals surface area contributed by atoms with E-state index in [1.54, 1.807) is 0 Å². The van der Waals surface area contributed by atoms with Crippen molar-refractivity contribution in [2.45, 2.75) is 39.1 Å². The minimum atomic E-state index is -1.85. The Hall–Kier alpha value is -1.90. The quantitative estimate of drug-likeness (QED) is 0.291. The maximum Gasteiger partial charge on any atom is 0.296 e. The second-order valence-corrected chi connectivity index (χ2v) is 15.2. The van der Waals surface area contributed by atoms with E-state index in [1.165, 1.54) is 5.56 Å². The molecule has 0 saturated carbocycles. The van der Waals surface area contributed by atoms with Crippen LogP contribution in [0.1, 0.15) is 30.8 Å². The summed E-state index contributed by atoms with van der Waals surface area (Å²) in [5.41, 5.74) is 3.46. The fourth-order valence-electron chi connectivity index (χ4n) is 3.31. The number of oxazole rings is 1. The first-order chi connectivity index (χ1) is 13.4. The summed E-state index contributed by atoms with van der Waals surface area (Å²) in [7, 11) is -2.12. The lowest BCUT2D eigenvalue weighted by Crippen LogP contribution is -2.29. The van der Waals surface area contributed by atoms with Crippen molar-refractivity contribution in [3.05, 3.63) is 71.9 Å². The molecule has 148 valence electrons. The van der Waals surface area contributed by atoms with E-state index in [0.717, 1.165) is 23.6 Å². The van der Waals surface area contributed by atoms with Gasteiger partial charge in [0.1, 0.15) is 5.69 Å². The number of nitrogens with zero attached hydrogens (tertiary/aromatic N) is 1. The summed E-state index contributed by atoms with van der Waals surface area (Å²) < 4.78 is 12.6. The van der Waals surface area contributed by atoms with Crippen molar-refractivity contribution >= 4 is 16.2 Å². The molecule has 2 aromatic carbocycles. The molecule has 0 fully saturated rings. The van der Waals surface area contributed by atoms with Gasteiger partial charge in [0.15, 0.2) is 0 Å². The highest BCUT2D eigenvalue weighted by atomic mass is 31.1. The van der Waals surface area contributed by atoms with Crippen LogP contribution >= 0.6 is 7.92 Å². The van der Waals surface area contributed by atoms with Gasteiger partial charge < -0.3 is 8.84 Å². The fraction of sp³-hybridized carbons (Fsp3) is 0.348. The van der Waals surface area contributed by atoms with Gasteiger partial charge in [0.25, 0.3) is 5.95 Å². The first-order valence-electron chi connectivity index (χ1n) is 9.97. The molecule has 1 unspecified atom stereocenters. The smallest absolute Gasteiger partial charge is 0.296 e. The van der Waals surface area contributed by atoms with Gasteiger partial charge in [-0.05, 0) is 49.7 Å². The molecule has 28 heavy (non-hydrogen) atoms. The minimum Gasteiger partial charge on any atom is -0.518 e. The Morgan fingerprint density at radius 3 is 2.04 bits per heavy atom. The Labute approximate surface area is 171 Å². The molecule has 3 nitrogen and oxygen atoms in total. The van der Waals surface area contributed by atoms with Crippen LogP contribution in [-0.2, 0) is 0 Å². The number of benzene rings is 2. The standard InChI is InChI=1S/C23H30NO2PSi/c1-6-27(7-2)21(18-14-10-8-11-15-18)20-23(26-28(3,4)5)25-22(24-20)19-16-12-9-13-17-19/h8-17,21H,6-7H2,1-5H3. The molecule has 3 rings (SSSR count). The van der Waals surface area contributed by atoms with E-state index in [2.05, 4.69) is 63.8 Å². The van der Waals surface area contributed by atoms with Gasteiger partial charge in [-0.2, -0.15) is 0 Å². The maximum absolute atomic E-state index is 6.40. The molecule has 0 aliphatic rings. The first kappa shape index (κ1) is 20.8. The highest BCUT2D eigenvalue weighted by Crippen LogP contribution is 2.56. The molecule has 1 heterocycles. The van der Waals surface area contributed by atoms with Crippen molar-refractivity contribution in [1.82, 2.24) is 4.98 Å². The van der Waals surface area contributed by atoms with Crippen LogP contribution in [0, 0.1) is 0 Å². The second-order valence-electron chi connectivity index (χ2n) is 7.81. The van der Waals surface area contributed by atoms with Crippen LogP contribution in [0.25, 0.3) is 11.5 Å². The van der Waals surface area contributed by atoms with Crippen LogP contribution in [0.5, 0.6) is 5.95 Å². The molecule has 0 aliphatic carbocycles. The summed E-state index contributed by atoms with van der Waals surface area (Å²) in [6.07, 6.45) is 2.29. The van der Waals surface area contributed by atoms with Crippen molar-refractivity contribution in [2.75, 3.05) is 12.3 Å². The van der Waals surface area contributed by atoms with Crippen molar-refractivity contribution in [2.24, 2.45) is 0 Å². The number of hydrogen-bond donors (Lipinski definition) is 0. The Bertz CT molecular complexity index is 871. The summed E-state index contributed by atoms with van der Waals surface area (Å²) in [6.45, 7) is 11.1. The second kappa shape index (κ2) is 9.06. The van der Waals surface area contributed by atoms with E-state index in [9.17, 15) is 0 Å². The van der Waals surface area contributed by atoms with Crippen LogP contribution < -0.4 is 4.43 Å². The third-order valence-corrected chi connectivity index (χ3v) is 8.29. The lowest BCUT2D eigenvalue weighted by Gasteiger charge is -2.26. The monoisotopic (exact) mass is 411 g/mol. The topological polar surface area (TPSA) is 35.3 Å². The average Bonchev–Trinajstić information content (AvgIpc) is 3.08. The summed E-state index contributed by atoms with van der Waals surface area (Å²) >= 11 is 0. The third kappa shape index (κ3) is 4.92. The molecule has 3 aromatic rings. The molecule has 0 spiro atoms. The van der Waals surface area contributed by atoms with Gasteiger partial charge in [-0.1, -0.05) is 70.3 Å². The van der Waals surface area contributed by atoms with E-state index >= 15 is 0 Å². The summed E-state index contributed by atoms with van der Waals surface area (Å²) in [4.78, 5) is 5.00. The molecule has 0 aliphatic heterocycles. The maximum atomic E-state index is 6.40. The molecule has 0 saturated heterocycles. The Balaban J connectivity index is 2.16. The van der Waals surface area contributed by atoms with Crippen LogP contribution in [0.2, 0.25) is 19.6 Å². The molecule has 0 bridgehead atoms. The largest absolute Gasteiger partial charge is 0.518 e. The third-order valence-electron chi connectivity index (χ3n) is 4.59. The van der Waals surface area contributed by atoms with E-state index in [1.807, 2.05) is 30.3 Å². The van der Waals surface area contributed by atoms with Gasteiger partial charge in [0, 0.05) is 5.56 Å². The van der Waals surface area contributed by atoms with Crippen molar-refractivity contribution in [3.63, 3.8) is 0 Å². The van der Waals surface area contributed by atoms with Gasteiger partial charge in [0.2, 0.25) is 14.2 Å². The van der Waals surface area contributed by atoms with Crippen LogP contribution in [0.3, 0.4) is 0 Å². The number of hydrogen-bond acceptors (Lipinski definition) is 3. The first-order valence-corrected chi connectivity index (χ1v) is 15.2. The van der Waals surface area contributed by atoms with Gasteiger partial charge in [-0.25, -0.2) is 4.98 Å². The van der Waals surface area contributed by atoms with Crippen LogP contribution in [-0.4, -0.2) is 25.6 Å². The van der Waals surface area contributed by atoms with E-state index < -0.39 is 8.32 Å². The van der Waals surface area contributed by atoms with Crippen LogP contribution in [0.15, 0.2) is 65.1 Å². The van der Waals surface area contributed by atoms with E-state index in [-0.39, 0.29) is 13.6 Å². The molecule has 1 aromatic heterocycles. The predicted molar refractivity (Wildman–Crippen MR) is 122 cm³/mol. The zero-order chi connectivity index (χ0) is 20.1. The zero-order valence-electron chi connectivity index (χ0n) is 17.5. The van der Waals surface area contributed by atoms with E-state index in [4.69, 9.17) is 13.8 Å². The molecule has 0 radical (unpaired) electrons. The van der Waals surface area contributed by atoms with Gasteiger partial charge in [-0.15, -0.1) is 0 Å². The summed E-state index contributed by atoms with van der Waals surface area (Å²) in [5, 5.41) is 0. The summed E-state index contributed by atoms with van der Waals surface area (Å²) in [5.74, 6) is 1.26. The minimum absolute atomic E-state index is 0.221. The molecule has 1 atom stereocenters. The van der Waals surface area contributed by atoms with E-state index in [0.29, 0.717) is 11.8 Å². The fourth-order valence-corrected chi connectivity index (χ4v) is 6.29. The van der Waals surface area contributed by atoms with Crippen molar-refractivity contribution < 1.29 is 8.84 Å². The van der Waals surface area contributed by atoms with Gasteiger partial charge in [0.05, 0.1) is 5.66 Å². The lowest BCUT2D eigenvalue weighted by molar-refractivity contribution is 0.388. The van der Waals surface area contributed by atoms with Crippen molar-refractivity contribution in [3.8, 4) is 17.4 Å². The molecular formula is C23H30NO2PSi. The average molecular weight is 412 g/mol. The number of aromatic nitrogens is 1. The Morgan fingerprint density at radius 2 is 1.50 bits per heavy atom. The summed E-state index contributed by atoms with van der Waals surface area (Å²) in [6, 6.07) is 20.8. The SMILES string of the molecule is CCP(CC)C(c1ccccc1)c1nc(-c2ccccc2)oc1O[Si](C)(C)C. The van der Waals surface area contributed by atoms with Crippen LogP contribution in [0.4, 0.5) is 0 Å². The van der Waals surface area contributed by atoms with Gasteiger partial charge in [-0.3, -0.25) is 0 Å². The number of rotatable bonds is 8. The Morgan fingerprint density at radius 1 is 0.929 bits per heavy atom. The molecule has 0 amide bonds. The predicted octanol–water partition coefficient (Wildman–Crippen LogP) is 7.17.